The Morgan fingerprint density at radius 3 is 2.57 bits per heavy atom. The molecule has 0 N–H and O–H groups in total. The van der Waals surface area contributed by atoms with Gasteiger partial charge in [0.2, 0.25) is 5.13 Å². The lowest BCUT2D eigenvalue weighted by Crippen LogP contribution is -2.58. The summed E-state index contributed by atoms with van der Waals surface area (Å²) in [6.45, 7) is 7.96. The Morgan fingerprint density at radius 2 is 2.05 bits per heavy atom. The van der Waals surface area contributed by atoms with Gasteiger partial charge in [0.25, 0.3) is 0 Å². The van der Waals surface area contributed by atoms with Gasteiger partial charge in [-0.15, -0.1) is 10.2 Å². The molecule has 3 rings (SSSR count). The third kappa shape index (κ3) is 3.15. The van der Waals surface area contributed by atoms with Crippen molar-refractivity contribution in [1.29, 1.82) is 0 Å². The Hall–Kier alpha value is -0.890. The molecule has 2 heterocycles. The van der Waals surface area contributed by atoms with Crippen LogP contribution >= 0.6 is 27.3 Å². The third-order valence-electron chi connectivity index (χ3n) is 3.75. The Kier molecular flexibility index (Phi) is 3.64. The molecule has 1 amide bonds. The summed E-state index contributed by atoms with van der Waals surface area (Å²) in [5.74, 6) is 0. The van der Waals surface area contributed by atoms with Gasteiger partial charge in [-0.25, -0.2) is 4.79 Å². The van der Waals surface area contributed by atoms with Crippen LogP contribution in [0, 0.1) is 0 Å². The molecule has 8 heteroatoms. The van der Waals surface area contributed by atoms with Gasteiger partial charge in [-0.05, 0) is 49.5 Å². The van der Waals surface area contributed by atoms with E-state index in [4.69, 9.17) is 4.74 Å². The van der Waals surface area contributed by atoms with Crippen molar-refractivity contribution in [2.45, 2.75) is 44.8 Å². The number of ether oxygens (including phenoxy) is 1. The van der Waals surface area contributed by atoms with E-state index in [1.807, 2.05) is 25.7 Å². The summed E-state index contributed by atoms with van der Waals surface area (Å²) >= 11 is 4.87. The number of carbonyl (C=O) groups excluding carboxylic acids is 1. The highest BCUT2D eigenvalue weighted by atomic mass is 79.9. The number of aromatic nitrogens is 2. The molecule has 2 fully saturated rings. The summed E-state index contributed by atoms with van der Waals surface area (Å²) in [7, 11) is 0. The van der Waals surface area contributed by atoms with Gasteiger partial charge in [-0.1, -0.05) is 11.3 Å². The smallest absolute Gasteiger partial charge is 0.410 e. The van der Waals surface area contributed by atoms with Crippen LogP contribution in [0.1, 0.15) is 33.6 Å². The maximum Gasteiger partial charge on any atom is 0.410 e. The summed E-state index contributed by atoms with van der Waals surface area (Å²) in [6.07, 6.45) is 1.86. The predicted molar refractivity (Wildman–Crippen MR) is 84.7 cm³/mol. The fourth-order valence-corrected chi connectivity index (χ4v) is 3.75. The number of nitrogens with zero attached hydrogens (tertiary/aromatic N) is 4. The van der Waals surface area contributed by atoms with E-state index in [-0.39, 0.29) is 11.6 Å². The Balaban J connectivity index is 1.70. The maximum absolute atomic E-state index is 12.4. The molecule has 0 bridgehead atoms. The number of carbonyl (C=O) groups is 1. The van der Waals surface area contributed by atoms with Crippen molar-refractivity contribution < 1.29 is 9.53 Å². The van der Waals surface area contributed by atoms with Crippen LogP contribution in [0.2, 0.25) is 0 Å². The van der Waals surface area contributed by atoms with Crippen molar-refractivity contribution >= 4 is 38.5 Å². The third-order valence-corrected chi connectivity index (χ3v) is 5.17. The van der Waals surface area contributed by atoms with E-state index in [1.54, 1.807) is 0 Å². The van der Waals surface area contributed by atoms with Crippen molar-refractivity contribution in [3.63, 3.8) is 0 Å². The molecule has 1 aromatic rings. The highest BCUT2D eigenvalue weighted by Crippen LogP contribution is 2.46. The molecule has 0 aromatic carbocycles. The molecule has 1 aliphatic carbocycles. The number of halogens is 1. The van der Waals surface area contributed by atoms with Gasteiger partial charge in [0.1, 0.15) is 5.60 Å². The van der Waals surface area contributed by atoms with Crippen molar-refractivity contribution in [2.75, 3.05) is 24.5 Å². The lowest BCUT2D eigenvalue weighted by atomic mass is 10.1. The zero-order valence-corrected chi connectivity index (χ0v) is 14.8. The quantitative estimate of drug-likeness (QED) is 0.756. The first-order valence-electron chi connectivity index (χ1n) is 7.04. The minimum absolute atomic E-state index is 0.0707. The number of rotatable bonds is 1. The number of hydrogen-bond acceptors (Lipinski definition) is 6. The van der Waals surface area contributed by atoms with E-state index in [1.165, 1.54) is 11.3 Å². The van der Waals surface area contributed by atoms with E-state index in [0.717, 1.165) is 35.0 Å². The molecule has 0 atom stereocenters. The fourth-order valence-electron chi connectivity index (χ4n) is 2.64. The van der Waals surface area contributed by atoms with Gasteiger partial charge in [-0.2, -0.15) is 0 Å². The second kappa shape index (κ2) is 5.08. The molecule has 1 saturated heterocycles. The molecule has 1 spiro atoms. The highest BCUT2D eigenvalue weighted by molar-refractivity contribution is 9.11. The molecule has 1 aliphatic heterocycles. The lowest BCUT2D eigenvalue weighted by Gasteiger charge is -2.42. The van der Waals surface area contributed by atoms with Crippen LogP contribution in [0.5, 0.6) is 0 Å². The van der Waals surface area contributed by atoms with Crippen LogP contribution in [0.15, 0.2) is 3.92 Å². The molecule has 116 valence electrons. The average Bonchev–Trinajstić information content (AvgIpc) is 2.97. The van der Waals surface area contributed by atoms with Crippen molar-refractivity contribution in [1.82, 2.24) is 15.1 Å². The van der Waals surface area contributed by atoms with Gasteiger partial charge < -0.3 is 9.64 Å². The minimum atomic E-state index is -0.450. The maximum atomic E-state index is 12.4. The first-order valence-corrected chi connectivity index (χ1v) is 8.65. The van der Waals surface area contributed by atoms with Crippen LogP contribution in [0.4, 0.5) is 9.93 Å². The summed E-state index contributed by atoms with van der Waals surface area (Å²) in [5, 5.41) is 9.09. The van der Waals surface area contributed by atoms with Crippen LogP contribution in [0.25, 0.3) is 0 Å². The van der Waals surface area contributed by atoms with E-state index < -0.39 is 5.60 Å². The summed E-state index contributed by atoms with van der Waals surface area (Å²) in [6, 6.07) is 0. The molecule has 21 heavy (non-hydrogen) atoms. The summed E-state index contributed by atoms with van der Waals surface area (Å²) < 4.78 is 6.32. The lowest BCUT2D eigenvalue weighted by molar-refractivity contribution is 0.0106. The summed E-state index contributed by atoms with van der Waals surface area (Å²) in [5.41, 5.74) is -0.521. The molecular formula is C13H19BrN4O2S. The Labute approximate surface area is 136 Å². The molecular weight excluding hydrogens is 356 g/mol. The SMILES string of the molecule is CC(C)(C)OC(=O)N1CCN(c2nnc(Br)s2)CC12CC2. The first-order chi connectivity index (χ1) is 9.79. The van der Waals surface area contributed by atoms with E-state index in [0.29, 0.717) is 6.54 Å². The summed E-state index contributed by atoms with van der Waals surface area (Å²) in [4.78, 5) is 16.5. The zero-order chi connectivity index (χ0) is 15.3. The van der Waals surface area contributed by atoms with Gasteiger partial charge in [0, 0.05) is 19.6 Å². The van der Waals surface area contributed by atoms with Crippen molar-refractivity contribution in [3.8, 4) is 0 Å². The highest BCUT2D eigenvalue weighted by Gasteiger charge is 2.54. The fraction of sp³-hybridized carbons (Fsp3) is 0.769. The van der Waals surface area contributed by atoms with E-state index in [2.05, 4.69) is 31.0 Å². The van der Waals surface area contributed by atoms with Crippen LogP contribution in [0.3, 0.4) is 0 Å². The predicted octanol–water partition coefficient (Wildman–Crippen LogP) is 2.89. The Bertz CT molecular complexity index is 553. The van der Waals surface area contributed by atoms with Gasteiger partial charge in [0.05, 0.1) is 5.54 Å². The van der Waals surface area contributed by atoms with Crippen molar-refractivity contribution in [3.05, 3.63) is 3.92 Å². The van der Waals surface area contributed by atoms with Crippen molar-refractivity contribution in [2.24, 2.45) is 0 Å². The minimum Gasteiger partial charge on any atom is -0.444 e. The van der Waals surface area contributed by atoms with Crippen LogP contribution in [-0.4, -0.2) is 52.0 Å². The molecule has 6 nitrogen and oxygen atoms in total. The normalized spacial score (nSPS) is 20.8. The van der Waals surface area contributed by atoms with E-state index >= 15 is 0 Å². The number of amides is 1. The standard InChI is InChI=1S/C13H19BrN4O2S/c1-12(2,3)20-11(19)18-7-6-17(8-13(18)4-5-13)10-16-15-9(14)21-10/h4-8H2,1-3H3. The second-order valence-electron chi connectivity index (χ2n) is 6.62. The number of anilines is 1. The number of piperazine rings is 1. The van der Waals surface area contributed by atoms with Gasteiger partial charge in [-0.3, -0.25) is 4.90 Å². The number of hydrogen-bond donors (Lipinski definition) is 0. The van der Waals surface area contributed by atoms with Gasteiger partial charge >= 0.3 is 6.09 Å². The second-order valence-corrected chi connectivity index (χ2v) is 8.85. The Morgan fingerprint density at radius 1 is 1.33 bits per heavy atom. The van der Waals surface area contributed by atoms with E-state index in [9.17, 15) is 4.79 Å². The average molecular weight is 375 g/mol. The monoisotopic (exact) mass is 374 g/mol. The van der Waals surface area contributed by atoms with Crippen LogP contribution in [-0.2, 0) is 4.74 Å². The largest absolute Gasteiger partial charge is 0.444 e. The molecule has 1 saturated carbocycles. The van der Waals surface area contributed by atoms with Crippen LogP contribution < -0.4 is 4.90 Å². The topological polar surface area (TPSA) is 58.6 Å². The molecule has 2 aliphatic rings. The zero-order valence-electron chi connectivity index (χ0n) is 12.4. The first kappa shape index (κ1) is 15.0. The van der Waals surface area contributed by atoms with Gasteiger partial charge in [0.15, 0.2) is 3.92 Å². The molecule has 1 aromatic heterocycles. The molecule has 0 unspecified atom stereocenters. The molecule has 0 radical (unpaired) electrons.